The molecule has 0 radical (unpaired) electrons. The summed E-state index contributed by atoms with van der Waals surface area (Å²) >= 11 is 0. The minimum absolute atomic E-state index is 0.0383. The van der Waals surface area contributed by atoms with E-state index in [4.69, 9.17) is 9.47 Å². The lowest BCUT2D eigenvalue weighted by Crippen LogP contribution is -2.41. The number of para-hydroxylation sites is 1. The molecule has 124 valence electrons. The minimum Gasteiger partial charge on any atom is -0.354 e. The summed E-state index contributed by atoms with van der Waals surface area (Å²) in [5.74, 6) is 0. The first-order valence-corrected chi connectivity index (χ1v) is 7.07. The molecule has 1 heterocycles. The molecule has 0 aliphatic heterocycles. The van der Waals surface area contributed by atoms with Crippen molar-refractivity contribution >= 4 is 11.7 Å². The van der Waals surface area contributed by atoms with E-state index in [1.54, 1.807) is 12.1 Å². The molecule has 0 saturated heterocycles. The normalized spacial score (nSPS) is 11.0. The Bertz CT molecular complexity index is 693. The first-order valence-electron chi connectivity index (χ1n) is 7.07. The van der Waals surface area contributed by atoms with Crippen LogP contribution >= 0.6 is 0 Å². The Balaban J connectivity index is 2.26. The zero-order chi connectivity index (χ0) is 16.8. The molecular formula is C14H19N5O4. The summed E-state index contributed by atoms with van der Waals surface area (Å²) in [6, 6.07) is 8.46. The van der Waals surface area contributed by atoms with Crippen molar-refractivity contribution in [2.24, 2.45) is 0 Å². The van der Waals surface area contributed by atoms with Gasteiger partial charge in [-0.15, -0.1) is 4.68 Å². The summed E-state index contributed by atoms with van der Waals surface area (Å²) in [7, 11) is 2.89. The lowest BCUT2D eigenvalue weighted by molar-refractivity contribution is -0.113. The lowest BCUT2D eigenvalue weighted by Gasteiger charge is -2.19. The molecule has 0 fully saturated rings. The standard InChI is InChI=1S/C14H19N5O4/c1-4-17(11-8-6-5-7-9-11)13(20)19-14(21)18(15-16-19)10-12(22-2)23-3/h5-9,12H,4,10H2,1-3H3. The van der Waals surface area contributed by atoms with E-state index >= 15 is 0 Å². The molecule has 2 rings (SSSR count). The Morgan fingerprint density at radius 3 is 2.43 bits per heavy atom. The molecule has 2 aromatic rings. The van der Waals surface area contributed by atoms with E-state index in [9.17, 15) is 9.59 Å². The van der Waals surface area contributed by atoms with E-state index < -0.39 is 18.0 Å². The van der Waals surface area contributed by atoms with E-state index in [2.05, 4.69) is 10.4 Å². The number of benzene rings is 1. The first kappa shape index (κ1) is 16.8. The third-order valence-electron chi connectivity index (χ3n) is 3.28. The second-order valence-electron chi connectivity index (χ2n) is 4.62. The molecule has 0 atom stereocenters. The monoisotopic (exact) mass is 321 g/mol. The zero-order valence-corrected chi connectivity index (χ0v) is 13.2. The Kier molecular flexibility index (Phi) is 5.61. The molecular weight excluding hydrogens is 302 g/mol. The Labute approximate surface area is 133 Å². The van der Waals surface area contributed by atoms with Gasteiger partial charge in [-0.05, 0) is 29.5 Å². The summed E-state index contributed by atoms with van der Waals surface area (Å²) in [4.78, 5) is 26.3. The highest BCUT2D eigenvalue weighted by molar-refractivity contribution is 5.92. The summed E-state index contributed by atoms with van der Waals surface area (Å²) in [5, 5.41) is 7.34. The number of anilines is 1. The predicted molar refractivity (Wildman–Crippen MR) is 82.3 cm³/mol. The molecule has 9 nitrogen and oxygen atoms in total. The highest BCUT2D eigenvalue weighted by Crippen LogP contribution is 2.13. The number of carbonyl (C=O) groups is 1. The fourth-order valence-corrected chi connectivity index (χ4v) is 2.05. The van der Waals surface area contributed by atoms with Gasteiger partial charge in [-0.3, -0.25) is 4.90 Å². The Hall–Kier alpha value is -2.52. The van der Waals surface area contributed by atoms with Crippen LogP contribution in [-0.2, 0) is 16.0 Å². The summed E-state index contributed by atoms with van der Waals surface area (Å²) in [6.07, 6.45) is -0.649. The van der Waals surface area contributed by atoms with E-state index in [0.717, 1.165) is 9.36 Å². The van der Waals surface area contributed by atoms with E-state index in [1.165, 1.54) is 19.1 Å². The summed E-state index contributed by atoms with van der Waals surface area (Å²) < 4.78 is 11.8. The average Bonchev–Trinajstić information content (AvgIpc) is 2.94. The van der Waals surface area contributed by atoms with Gasteiger partial charge in [-0.2, -0.15) is 4.68 Å². The van der Waals surface area contributed by atoms with Crippen molar-refractivity contribution in [3.63, 3.8) is 0 Å². The molecule has 0 N–H and O–H groups in total. The average molecular weight is 321 g/mol. The highest BCUT2D eigenvalue weighted by Gasteiger charge is 2.22. The van der Waals surface area contributed by atoms with Gasteiger partial charge < -0.3 is 9.47 Å². The number of hydrogen-bond acceptors (Lipinski definition) is 6. The van der Waals surface area contributed by atoms with Crippen LogP contribution in [0.25, 0.3) is 0 Å². The van der Waals surface area contributed by atoms with Gasteiger partial charge in [-0.1, -0.05) is 18.2 Å². The number of methoxy groups -OCH3 is 2. The SMILES string of the molecule is CCN(C(=O)n1nnn(CC(OC)OC)c1=O)c1ccccc1. The van der Waals surface area contributed by atoms with Crippen LogP contribution in [0.2, 0.25) is 0 Å². The van der Waals surface area contributed by atoms with Crippen molar-refractivity contribution in [3.8, 4) is 0 Å². The fourth-order valence-electron chi connectivity index (χ4n) is 2.05. The molecule has 0 aliphatic carbocycles. The van der Waals surface area contributed by atoms with E-state index in [-0.39, 0.29) is 6.54 Å². The van der Waals surface area contributed by atoms with Crippen LogP contribution in [0.15, 0.2) is 35.1 Å². The van der Waals surface area contributed by atoms with E-state index in [1.807, 2.05) is 25.1 Å². The molecule has 0 bridgehead atoms. The van der Waals surface area contributed by atoms with Gasteiger partial charge in [0.15, 0.2) is 6.29 Å². The maximum absolute atomic E-state index is 12.5. The molecule has 0 unspecified atom stereocenters. The molecule has 0 saturated carbocycles. The Morgan fingerprint density at radius 1 is 1.22 bits per heavy atom. The fraction of sp³-hybridized carbons (Fsp3) is 0.429. The number of carbonyl (C=O) groups excluding carboxylic acids is 1. The molecule has 1 aromatic heterocycles. The van der Waals surface area contributed by atoms with E-state index in [0.29, 0.717) is 12.2 Å². The molecule has 0 spiro atoms. The second-order valence-corrected chi connectivity index (χ2v) is 4.62. The number of ether oxygens (including phenoxy) is 2. The maximum Gasteiger partial charge on any atom is 0.372 e. The first-order chi connectivity index (χ1) is 11.1. The minimum atomic E-state index is -0.650. The van der Waals surface area contributed by atoms with Gasteiger partial charge in [-0.25, -0.2) is 9.59 Å². The van der Waals surface area contributed by atoms with Crippen LogP contribution in [0.4, 0.5) is 10.5 Å². The number of amides is 1. The van der Waals surface area contributed by atoms with Gasteiger partial charge in [0.05, 0.1) is 6.54 Å². The third kappa shape index (κ3) is 3.63. The molecule has 0 aliphatic rings. The molecule has 9 heteroatoms. The largest absolute Gasteiger partial charge is 0.372 e. The van der Waals surface area contributed by atoms with Crippen molar-refractivity contribution in [2.75, 3.05) is 25.7 Å². The van der Waals surface area contributed by atoms with Gasteiger partial charge in [0, 0.05) is 26.5 Å². The lowest BCUT2D eigenvalue weighted by atomic mass is 10.3. The smallest absolute Gasteiger partial charge is 0.354 e. The van der Waals surface area contributed by atoms with Crippen LogP contribution in [0.5, 0.6) is 0 Å². The van der Waals surface area contributed by atoms with Crippen molar-refractivity contribution in [1.82, 2.24) is 19.8 Å². The topological polar surface area (TPSA) is 91.5 Å². The number of rotatable bonds is 6. The molecule has 1 amide bonds. The molecule has 23 heavy (non-hydrogen) atoms. The third-order valence-corrected chi connectivity index (χ3v) is 3.28. The van der Waals surface area contributed by atoms with Crippen LogP contribution < -0.4 is 10.6 Å². The van der Waals surface area contributed by atoms with Crippen LogP contribution in [0.1, 0.15) is 6.92 Å². The van der Waals surface area contributed by atoms with Gasteiger partial charge in [0.25, 0.3) is 0 Å². The van der Waals surface area contributed by atoms with Crippen molar-refractivity contribution in [1.29, 1.82) is 0 Å². The quantitative estimate of drug-likeness (QED) is 0.570. The number of tetrazole rings is 1. The number of hydrogen-bond donors (Lipinski definition) is 0. The zero-order valence-electron chi connectivity index (χ0n) is 13.2. The van der Waals surface area contributed by atoms with Gasteiger partial charge in [0.1, 0.15) is 0 Å². The second kappa shape index (κ2) is 7.65. The van der Waals surface area contributed by atoms with Crippen molar-refractivity contribution < 1.29 is 14.3 Å². The van der Waals surface area contributed by atoms with Crippen molar-refractivity contribution in [3.05, 3.63) is 40.8 Å². The predicted octanol–water partition coefficient (Wildman–Crippen LogP) is 0.553. The van der Waals surface area contributed by atoms with Crippen molar-refractivity contribution in [2.45, 2.75) is 19.8 Å². The van der Waals surface area contributed by atoms with Crippen LogP contribution in [0.3, 0.4) is 0 Å². The Morgan fingerprint density at radius 2 is 1.87 bits per heavy atom. The van der Waals surface area contributed by atoms with Gasteiger partial charge in [0.2, 0.25) is 0 Å². The summed E-state index contributed by atoms with van der Waals surface area (Å²) in [5.41, 5.74) is 0.0246. The molecule has 1 aromatic carbocycles. The number of nitrogens with zero attached hydrogens (tertiary/aromatic N) is 5. The van der Waals surface area contributed by atoms with Crippen LogP contribution in [-0.4, -0.2) is 52.9 Å². The summed E-state index contributed by atoms with van der Waals surface area (Å²) in [6.45, 7) is 2.24. The number of aromatic nitrogens is 4. The van der Waals surface area contributed by atoms with Crippen LogP contribution in [0, 0.1) is 0 Å². The van der Waals surface area contributed by atoms with Gasteiger partial charge >= 0.3 is 11.7 Å². The highest BCUT2D eigenvalue weighted by atomic mass is 16.7. The maximum atomic E-state index is 12.5.